The zero-order valence-corrected chi connectivity index (χ0v) is 19.2. The lowest BCUT2D eigenvalue weighted by Gasteiger charge is -2.15. The highest BCUT2D eigenvalue weighted by Crippen LogP contribution is 2.25. The van der Waals surface area contributed by atoms with Crippen molar-refractivity contribution in [3.05, 3.63) is 35.9 Å². The third-order valence-corrected chi connectivity index (χ3v) is 5.74. The summed E-state index contributed by atoms with van der Waals surface area (Å²) in [5.74, 6) is 0.773. The van der Waals surface area contributed by atoms with E-state index in [0.29, 0.717) is 0 Å². The maximum Gasteiger partial charge on any atom is 0.0766 e. The number of halogens is 1. The topological polar surface area (TPSA) is 4.44 Å². The molecule has 0 radical (unpaired) electrons. The van der Waals surface area contributed by atoms with Crippen LogP contribution in [0.4, 0.5) is 0 Å². The van der Waals surface area contributed by atoms with E-state index in [1.807, 2.05) is 0 Å². The van der Waals surface area contributed by atoms with E-state index in [0.717, 1.165) is 5.92 Å². The van der Waals surface area contributed by atoms with Gasteiger partial charge in [0, 0.05) is 0 Å². The first-order chi connectivity index (χ1) is 12.7. The van der Waals surface area contributed by atoms with Crippen molar-refractivity contribution >= 4 is 0 Å². The van der Waals surface area contributed by atoms with E-state index in [9.17, 15) is 0 Å². The van der Waals surface area contributed by atoms with Gasteiger partial charge < -0.3 is 17.3 Å². The maximum atomic E-state index is 2.33. The van der Waals surface area contributed by atoms with E-state index < -0.39 is 0 Å². The molecule has 0 spiro atoms. The standard InChI is InChI=1S/C25H45N.ClH/c1-4-24(25-21-17-15-18-22-25)20-16-13-11-9-7-5-6-8-10-12-14-19-23-26(2)3;/h15,17-18,21-22,24H,4-14,16,19-20,23H2,1-3H3;1H. The number of nitrogens with one attached hydrogen (secondary N) is 1. The Hall–Kier alpha value is -0.530. The molecule has 0 amide bonds. The number of quaternary nitrogens is 1. The van der Waals surface area contributed by atoms with Gasteiger partial charge in [0.2, 0.25) is 0 Å². The number of unbranched alkanes of at least 4 members (excludes halogenated alkanes) is 11. The molecule has 0 heterocycles. The van der Waals surface area contributed by atoms with Crippen LogP contribution in [-0.2, 0) is 0 Å². The monoisotopic (exact) mass is 395 g/mol. The van der Waals surface area contributed by atoms with Gasteiger partial charge in [-0.05, 0) is 37.2 Å². The van der Waals surface area contributed by atoms with Crippen molar-refractivity contribution in [2.24, 2.45) is 0 Å². The van der Waals surface area contributed by atoms with E-state index in [1.165, 1.54) is 102 Å². The molecule has 158 valence electrons. The van der Waals surface area contributed by atoms with Gasteiger partial charge in [0.05, 0.1) is 20.6 Å². The van der Waals surface area contributed by atoms with Crippen LogP contribution >= 0.6 is 0 Å². The van der Waals surface area contributed by atoms with E-state index in [2.05, 4.69) is 51.4 Å². The van der Waals surface area contributed by atoms with Crippen LogP contribution in [0, 0.1) is 0 Å². The second-order valence-corrected chi connectivity index (χ2v) is 8.50. The lowest BCUT2D eigenvalue weighted by molar-refractivity contribution is -0.858. The Morgan fingerprint density at radius 1 is 0.667 bits per heavy atom. The van der Waals surface area contributed by atoms with E-state index in [1.54, 1.807) is 4.90 Å². The van der Waals surface area contributed by atoms with Gasteiger partial charge in [0.15, 0.2) is 0 Å². The van der Waals surface area contributed by atoms with Gasteiger partial charge in [-0.2, -0.15) is 0 Å². The van der Waals surface area contributed by atoms with Crippen molar-refractivity contribution < 1.29 is 17.3 Å². The minimum Gasteiger partial charge on any atom is -1.00 e. The summed E-state index contributed by atoms with van der Waals surface area (Å²) in [7, 11) is 4.51. The molecule has 1 nitrogen and oxygen atoms in total. The van der Waals surface area contributed by atoms with Crippen LogP contribution in [0.15, 0.2) is 30.3 Å². The summed E-state index contributed by atoms with van der Waals surface area (Å²) in [6.45, 7) is 3.67. The van der Waals surface area contributed by atoms with Crippen molar-refractivity contribution in [1.82, 2.24) is 0 Å². The van der Waals surface area contributed by atoms with Crippen LogP contribution in [0.2, 0.25) is 0 Å². The van der Waals surface area contributed by atoms with Crippen molar-refractivity contribution in [3.8, 4) is 0 Å². The third kappa shape index (κ3) is 15.1. The van der Waals surface area contributed by atoms with Gasteiger partial charge in [-0.3, -0.25) is 0 Å². The van der Waals surface area contributed by atoms with E-state index in [4.69, 9.17) is 0 Å². The lowest BCUT2D eigenvalue weighted by Crippen LogP contribution is -3.05. The molecule has 0 saturated carbocycles. The largest absolute Gasteiger partial charge is 1.00 e. The summed E-state index contributed by atoms with van der Waals surface area (Å²) in [5, 5.41) is 0. The average Bonchev–Trinajstić information content (AvgIpc) is 2.65. The fourth-order valence-corrected chi connectivity index (χ4v) is 3.97. The van der Waals surface area contributed by atoms with Crippen LogP contribution in [0.3, 0.4) is 0 Å². The molecule has 0 aliphatic rings. The van der Waals surface area contributed by atoms with Gasteiger partial charge in [0.25, 0.3) is 0 Å². The first kappa shape index (κ1) is 26.5. The molecular formula is C25H46ClN. The zero-order valence-electron chi connectivity index (χ0n) is 18.4. The smallest absolute Gasteiger partial charge is 0.0766 e. The molecule has 0 fully saturated rings. The maximum absolute atomic E-state index is 2.33. The van der Waals surface area contributed by atoms with Crippen molar-refractivity contribution in [2.75, 3.05) is 20.6 Å². The highest BCUT2D eigenvalue weighted by atomic mass is 35.5. The summed E-state index contributed by atoms with van der Waals surface area (Å²) in [6, 6.07) is 11.1. The summed E-state index contributed by atoms with van der Waals surface area (Å²) in [4.78, 5) is 1.59. The molecule has 1 unspecified atom stereocenters. The molecule has 1 aromatic carbocycles. The fourth-order valence-electron chi connectivity index (χ4n) is 3.97. The number of hydrogen-bond donors (Lipinski definition) is 1. The third-order valence-electron chi connectivity index (χ3n) is 5.74. The highest BCUT2D eigenvalue weighted by Gasteiger charge is 2.07. The van der Waals surface area contributed by atoms with Crippen LogP contribution in [0.25, 0.3) is 0 Å². The predicted octanol–water partition coefficient (Wildman–Crippen LogP) is 3.40. The Bertz CT molecular complexity index is 404. The fraction of sp³-hybridized carbons (Fsp3) is 0.760. The number of benzene rings is 1. The van der Waals surface area contributed by atoms with Crippen LogP contribution in [0.5, 0.6) is 0 Å². The minimum atomic E-state index is 0. The summed E-state index contributed by atoms with van der Waals surface area (Å²) in [5.41, 5.74) is 1.54. The van der Waals surface area contributed by atoms with Crippen molar-refractivity contribution in [3.63, 3.8) is 0 Å². The molecule has 0 saturated heterocycles. The Balaban J connectivity index is 0.00000676. The first-order valence-corrected chi connectivity index (χ1v) is 11.6. The quantitative estimate of drug-likeness (QED) is 0.385. The average molecular weight is 396 g/mol. The van der Waals surface area contributed by atoms with Gasteiger partial charge in [-0.15, -0.1) is 0 Å². The molecule has 1 rings (SSSR count). The molecule has 1 atom stereocenters. The number of rotatable bonds is 17. The van der Waals surface area contributed by atoms with Gasteiger partial charge in [-0.1, -0.05) is 101 Å². The Morgan fingerprint density at radius 2 is 1.11 bits per heavy atom. The number of hydrogen-bond acceptors (Lipinski definition) is 0. The van der Waals surface area contributed by atoms with Gasteiger partial charge >= 0.3 is 0 Å². The second-order valence-electron chi connectivity index (χ2n) is 8.50. The summed E-state index contributed by atoms with van der Waals surface area (Å²) < 4.78 is 0. The SMILES string of the molecule is CCC(CCCCCCCCCCCCCC[NH+](C)C)c1ccccc1.[Cl-]. The molecule has 1 N–H and O–H groups in total. The molecule has 0 bridgehead atoms. The predicted molar refractivity (Wildman–Crippen MR) is 117 cm³/mol. The molecule has 0 aliphatic carbocycles. The molecule has 2 heteroatoms. The van der Waals surface area contributed by atoms with Crippen molar-refractivity contribution in [1.29, 1.82) is 0 Å². The van der Waals surface area contributed by atoms with Gasteiger partial charge in [-0.25, -0.2) is 0 Å². The summed E-state index contributed by atoms with van der Waals surface area (Å²) >= 11 is 0. The van der Waals surface area contributed by atoms with Crippen LogP contribution in [0.1, 0.15) is 108 Å². The highest BCUT2D eigenvalue weighted by molar-refractivity contribution is 5.19. The Morgan fingerprint density at radius 3 is 1.56 bits per heavy atom. The van der Waals surface area contributed by atoms with Gasteiger partial charge in [0.1, 0.15) is 0 Å². The molecule has 1 aromatic rings. The Kier molecular flexibility index (Phi) is 18.4. The van der Waals surface area contributed by atoms with Crippen molar-refractivity contribution in [2.45, 2.75) is 103 Å². The van der Waals surface area contributed by atoms with E-state index in [-0.39, 0.29) is 12.4 Å². The molecule has 0 aliphatic heterocycles. The summed E-state index contributed by atoms with van der Waals surface area (Å²) in [6.07, 6.45) is 20.0. The molecule has 27 heavy (non-hydrogen) atoms. The normalized spacial score (nSPS) is 12.1. The Labute approximate surface area is 176 Å². The zero-order chi connectivity index (χ0) is 18.9. The van der Waals surface area contributed by atoms with Crippen LogP contribution < -0.4 is 17.3 Å². The van der Waals surface area contributed by atoms with Crippen LogP contribution in [-0.4, -0.2) is 20.6 Å². The molecular weight excluding hydrogens is 350 g/mol. The van der Waals surface area contributed by atoms with E-state index >= 15 is 0 Å². The molecule has 0 aromatic heterocycles. The first-order valence-electron chi connectivity index (χ1n) is 11.6. The second kappa shape index (κ2) is 18.8. The minimum absolute atomic E-state index is 0. The lowest BCUT2D eigenvalue weighted by atomic mass is 9.91.